The van der Waals surface area contributed by atoms with Crippen molar-refractivity contribution in [2.45, 2.75) is 6.92 Å². The van der Waals surface area contributed by atoms with Gasteiger partial charge in [0.05, 0.1) is 5.52 Å². The van der Waals surface area contributed by atoms with Gasteiger partial charge in [0.15, 0.2) is 5.82 Å². The van der Waals surface area contributed by atoms with Gasteiger partial charge < -0.3 is 10.7 Å². The van der Waals surface area contributed by atoms with E-state index in [4.69, 9.17) is 5.84 Å². The smallest absolute Gasteiger partial charge is 0.221 e. The molecule has 0 bridgehead atoms. The van der Waals surface area contributed by atoms with Crippen molar-refractivity contribution >= 4 is 28.3 Å². The molecule has 2 aromatic carbocycles. The second-order valence-electron chi connectivity index (χ2n) is 4.86. The molecule has 6 nitrogen and oxygen atoms in total. The Bertz CT molecular complexity index is 830. The van der Waals surface area contributed by atoms with Crippen molar-refractivity contribution in [2.75, 3.05) is 10.7 Å². The number of hydrogen-bond acceptors (Lipinski definition) is 5. The zero-order valence-corrected chi connectivity index (χ0v) is 12.0. The Labute approximate surface area is 127 Å². The Morgan fingerprint density at radius 1 is 1.05 bits per heavy atom. The number of nitrogens with two attached hydrogens (primary N) is 1. The van der Waals surface area contributed by atoms with E-state index in [2.05, 4.69) is 20.7 Å². The molecule has 6 heteroatoms. The number of hydrogen-bond donors (Lipinski definition) is 3. The summed E-state index contributed by atoms with van der Waals surface area (Å²) in [5, 5.41) is 3.60. The average Bonchev–Trinajstić information content (AvgIpc) is 2.54. The number of hydrazine groups is 1. The molecule has 0 saturated carbocycles. The van der Waals surface area contributed by atoms with Crippen LogP contribution in [0.1, 0.15) is 6.92 Å². The van der Waals surface area contributed by atoms with Gasteiger partial charge in [0.1, 0.15) is 6.33 Å². The van der Waals surface area contributed by atoms with E-state index >= 15 is 0 Å². The van der Waals surface area contributed by atoms with E-state index in [1.54, 1.807) is 0 Å². The van der Waals surface area contributed by atoms with Gasteiger partial charge in [-0.25, -0.2) is 15.8 Å². The summed E-state index contributed by atoms with van der Waals surface area (Å²) in [4.78, 5) is 19.4. The summed E-state index contributed by atoms with van der Waals surface area (Å²) < 4.78 is 0. The number of carbonyl (C=O) groups is 1. The van der Waals surface area contributed by atoms with E-state index in [-0.39, 0.29) is 5.91 Å². The number of nitrogens with one attached hydrogen (secondary N) is 2. The van der Waals surface area contributed by atoms with Crippen LogP contribution in [0.3, 0.4) is 0 Å². The Balaban J connectivity index is 2.01. The van der Waals surface area contributed by atoms with Crippen molar-refractivity contribution in [3.05, 3.63) is 48.8 Å². The van der Waals surface area contributed by atoms with Gasteiger partial charge >= 0.3 is 0 Å². The Morgan fingerprint density at radius 3 is 2.45 bits per heavy atom. The van der Waals surface area contributed by atoms with Crippen LogP contribution in [0.25, 0.3) is 22.0 Å². The molecule has 0 atom stereocenters. The summed E-state index contributed by atoms with van der Waals surface area (Å²) in [6, 6.07) is 13.5. The fourth-order valence-electron chi connectivity index (χ4n) is 2.30. The maximum absolute atomic E-state index is 11.0. The number of nitrogens with zero attached hydrogens (tertiary/aromatic N) is 2. The molecule has 4 N–H and O–H groups in total. The summed E-state index contributed by atoms with van der Waals surface area (Å²) in [5.74, 6) is 5.99. The summed E-state index contributed by atoms with van der Waals surface area (Å²) in [7, 11) is 0. The van der Waals surface area contributed by atoms with Gasteiger partial charge in [0.25, 0.3) is 0 Å². The van der Waals surface area contributed by atoms with Crippen LogP contribution in [0, 0.1) is 0 Å². The monoisotopic (exact) mass is 293 g/mol. The Morgan fingerprint density at radius 2 is 1.77 bits per heavy atom. The van der Waals surface area contributed by atoms with Gasteiger partial charge in [-0.1, -0.05) is 18.2 Å². The largest absolute Gasteiger partial charge is 0.326 e. The van der Waals surface area contributed by atoms with Crippen molar-refractivity contribution in [3.63, 3.8) is 0 Å². The number of anilines is 2. The second kappa shape index (κ2) is 5.79. The van der Waals surface area contributed by atoms with Crippen molar-refractivity contribution in [1.29, 1.82) is 0 Å². The molecule has 110 valence electrons. The van der Waals surface area contributed by atoms with E-state index in [1.807, 2.05) is 42.5 Å². The summed E-state index contributed by atoms with van der Waals surface area (Å²) in [6.45, 7) is 1.48. The minimum atomic E-state index is -0.0886. The van der Waals surface area contributed by atoms with E-state index in [0.29, 0.717) is 5.82 Å². The molecular formula is C16H15N5O. The van der Waals surface area contributed by atoms with E-state index in [9.17, 15) is 4.79 Å². The number of nitrogen functional groups attached to an aromatic ring is 1. The van der Waals surface area contributed by atoms with Gasteiger partial charge in [-0.3, -0.25) is 4.79 Å². The van der Waals surface area contributed by atoms with Crippen LogP contribution in [0.4, 0.5) is 11.5 Å². The first kappa shape index (κ1) is 14.0. The third-order valence-corrected chi connectivity index (χ3v) is 3.31. The number of benzene rings is 2. The summed E-state index contributed by atoms with van der Waals surface area (Å²) in [5.41, 5.74) is 6.22. The van der Waals surface area contributed by atoms with Crippen molar-refractivity contribution in [3.8, 4) is 11.1 Å². The molecule has 1 amide bonds. The molecule has 22 heavy (non-hydrogen) atoms. The molecule has 0 aliphatic carbocycles. The van der Waals surface area contributed by atoms with E-state index in [0.717, 1.165) is 27.7 Å². The molecular weight excluding hydrogens is 278 g/mol. The van der Waals surface area contributed by atoms with Crippen molar-refractivity contribution < 1.29 is 4.79 Å². The molecule has 0 unspecified atom stereocenters. The van der Waals surface area contributed by atoms with Crippen molar-refractivity contribution in [1.82, 2.24) is 9.97 Å². The lowest BCUT2D eigenvalue weighted by Crippen LogP contribution is -2.09. The minimum absolute atomic E-state index is 0.0886. The normalized spacial score (nSPS) is 10.5. The third kappa shape index (κ3) is 2.72. The van der Waals surface area contributed by atoms with Gasteiger partial charge in [-0.2, -0.15) is 0 Å². The number of fused-ring (bicyclic) bond motifs is 1. The highest BCUT2D eigenvalue weighted by Gasteiger charge is 2.05. The summed E-state index contributed by atoms with van der Waals surface area (Å²) in [6.07, 6.45) is 1.47. The zero-order chi connectivity index (χ0) is 15.5. The SMILES string of the molecule is CC(=O)Nc1ccc(-c2ccc3ncnc(NN)c3c2)cc1. The molecule has 0 aliphatic rings. The molecule has 0 aliphatic heterocycles. The van der Waals surface area contributed by atoms with Gasteiger partial charge in [-0.05, 0) is 35.4 Å². The van der Waals surface area contributed by atoms with Crippen LogP contribution in [-0.4, -0.2) is 15.9 Å². The third-order valence-electron chi connectivity index (χ3n) is 3.31. The minimum Gasteiger partial charge on any atom is -0.326 e. The van der Waals surface area contributed by atoms with Crippen LogP contribution < -0.4 is 16.6 Å². The standard InChI is InChI=1S/C16H15N5O/c1-10(22)20-13-5-2-11(3-6-13)12-4-7-15-14(8-12)16(21-17)19-9-18-15/h2-9H,17H2,1H3,(H,20,22)(H,18,19,21). The number of amides is 1. The topological polar surface area (TPSA) is 92.9 Å². The molecule has 0 saturated heterocycles. The molecule has 0 fully saturated rings. The van der Waals surface area contributed by atoms with Crippen molar-refractivity contribution in [2.24, 2.45) is 5.84 Å². The maximum Gasteiger partial charge on any atom is 0.221 e. The number of carbonyl (C=O) groups excluding carboxylic acids is 1. The predicted molar refractivity (Wildman–Crippen MR) is 87.1 cm³/mol. The molecule has 0 spiro atoms. The quantitative estimate of drug-likeness (QED) is 0.510. The average molecular weight is 293 g/mol. The second-order valence-corrected chi connectivity index (χ2v) is 4.86. The fraction of sp³-hybridized carbons (Fsp3) is 0.0625. The predicted octanol–water partition coefficient (Wildman–Crippen LogP) is 2.54. The Hall–Kier alpha value is -2.99. The first-order valence-corrected chi connectivity index (χ1v) is 6.77. The molecule has 0 radical (unpaired) electrons. The van der Waals surface area contributed by atoms with Gasteiger partial charge in [0, 0.05) is 18.0 Å². The first-order chi connectivity index (χ1) is 10.7. The van der Waals surface area contributed by atoms with Crippen LogP contribution >= 0.6 is 0 Å². The lowest BCUT2D eigenvalue weighted by molar-refractivity contribution is -0.114. The molecule has 3 aromatic rings. The van der Waals surface area contributed by atoms with Crippen LogP contribution in [0.5, 0.6) is 0 Å². The Kier molecular flexibility index (Phi) is 3.67. The van der Waals surface area contributed by atoms with Crippen LogP contribution in [0.15, 0.2) is 48.8 Å². The van der Waals surface area contributed by atoms with E-state index < -0.39 is 0 Å². The zero-order valence-electron chi connectivity index (χ0n) is 12.0. The lowest BCUT2D eigenvalue weighted by atomic mass is 10.0. The highest BCUT2D eigenvalue weighted by atomic mass is 16.1. The number of rotatable bonds is 3. The first-order valence-electron chi connectivity index (χ1n) is 6.77. The van der Waals surface area contributed by atoms with Crippen LogP contribution in [0.2, 0.25) is 0 Å². The molecule has 1 heterocycles. The maximum atomic E-state index is 11.0. The van der Waals surface area contributed by atoms with Crippen LogP contribution in [-0.2, 0) is 4.79 Å². The van der Waals surface area contributed by atoms with Gasteiger partial charge in [-0.15, -0.1) is 0 Å². The molecule has 1 aromatic heterocycles. The fourth-order valence-corrected chi connectivity index (χ4v) is 2.30. The lowest BCUT2D eigenvalue weighted by Gasteiger charge is -2.08. The van der Waals surface area contributed by atoms with Gasteiger partial charge in [0.2, 0.25) is 5.91 Å². The highest BCUT2D eigenvalue weighted by Crippen LogP contribution is 2.27. The number of aromatic nitrogens is 2. The highest BCUT2D eigenvalue weighted by molar-refractivity contribution is 5.93. The molecule has 3 rings (SSSR count). The summed E-state index contributed by atoms with van der Waals surface area (Å²) >= 11 is 0. The van der Waals surface area contributed by atoms with E-state index in [1.165, 1.54) is 13.3 Å².